The molecule has 0 unspecified atom stereocenters. The molecule has 0 aromatic heterocycles. The largest absolute Gasteiger partial charge is 0.493 e. The Morgan fingerprint density at radius 3 is 2.38 bits per heavy atom. The van der Waals surface area contributed by atoms with Crippen LogP contribution in [0.25, 0.3) is 0 Å². The van der Waals surface area contributed by atoms with Gasteiger partial charge in [-0.25, -0.2) is 9.59 Å². The molecule has 0 saturated heterocycles. The van der Waals surface area contributed by atoms with Crippen molar-refractivity contribution in [2.75, 3.05) is 28.3 Å². The molecule has 7 nitrogen and oxygen atoms in total. The minimum atomic E-state index is -3.00. The van der Waals surface area contributed by atoms with Crippen molar-refractivity contribution in [1.82, 2.24) is 9.80 Å². The van der Waals surface area contributed by atoms with Gasteiger partial charge in [-0.3, -0.25) is 0 Å². The summed E-state index contributed by atoms with van der Waals surface area (Å²) in [5, 5.41) is 0. The number of carbonyl (C=O) groups is 2. The van der Waals surface area contributed by atoms with E-state index in [-0.39, 0.29) is 23.1 Å². The molecule has 0 aliphatic carbocycles. The number of urea groups is 1. The van der Waals surface area contributed by atoms with Crippen LogP contribution in [0.5, 0.6) is 11.5 Å². The number of benzene rings is 1. The van der Waals surface area contributed by atoms with Gasteiger partial charge in [-0.05, 0) is 24.6 Å². The van der Waals surface area contributed by atoms with Crippen molar-refractivity contribution < 1.29 is 32.6 Å². The number of esters is 1. The average Bonchev–Trinajstić information content (AvgIpc) is 2.62. The van der Waals surface area contributed by atoms with Gasteiger partial charge >= 0.3 is 18.6 Å². The highest BCUT2D eigenvalue weighted by molar-refractivity contribution is 5.94. The molecular weight excluding hydrogens is 350 g/mol. The zero-order chi connectivity index (χ0) is 19.6. The third kappa shape index (κ3) is 3.42. The van der Waals surface area contributed by atoms with Crippen molar-refractivity contribution in [3.05, 3.63) is 35.0 Å². The molecule has 1 aromatic rings. The number of likely N-dealkylation sites (N-methyl/N-ethyl adjacent to an activating group) is 1. The van der Waals surface area contributed by atoms with E-state index in [0.717, 1.165) is 0 Å². The molecule has 2 rings (SSSR count). The lowest BCUT2D eigenvalue weighted by atomic mass is 9.93. The predicted octanol–water partition coefficient (Wildman–Crippen LogP) is 2.78. The first-order valence-electron chi connectivity index (χ1n) is 7.65. The number of hydrogen-bond donors (Lipinski definition) is 0. The second-order valence-electron chi connectivity index (χ2n) is 5.63. The fraction of sp³-hybridized carbons (Fsp3) is 0.412. The van der Waals surface area contributed by atoms with Gasteiger partial charge in [0, 0.05) is 19.8 Å². The van der Waals surface area contributed by atoms with Gasteiger partial charge in [-0.2, -0.15) is 8.78 Å². The number of methoxy groups -OCH3 is 2. The molecule has 1 atom stereocenters. The smallest absolute Gasteiger partial charge is 0.387 e. The number of carbonyl (C=O) groups excluding carboxylic acids is 2. The van der Waals surface area contributed by atoms with Crippen LogP contribution in [-0.4, -0.2) is 56.7 Å². The minimum Gasteiger partial charge on any atom is -0.493 e. The lowest BCUT2D eigenvalue weighted by Crippen LogP contribution is -2.47. The molecule has 0 N–H and O–H groups in total. The van der Waals surface area contributed by atoms with Crippen molar-refractivity contribution in [3.8, 4) is 11.5 Å². The molecule has 26 heavy (non-hydrogen) atoms. The van der Waals surface area contributed by atoms with Crippen LogP contribution in [0.15, 0.2) is 29.5 Å². The predicted molar refractivity (Wildman–Crippen MR) is 88.0 cm³/mol. The third-order valence-electron chi connectivity index (χ3n) is 4.27. The Morgan fingerprint density at radius 1 is 1.19 bits per heavy atom. The lowest BCUT2D eigenvalue weighted by Gasteiger charge is -2.39. The number of ether oxygens (including phenoxy) is 3. The fourth-order valence-corrected chi connectivity index (χ4v) is 2.87. The molecule has 1 heterocycles. The van der Waals surface area contributed by atoms with Crippen molar-refractivity contribution in [3.63, 3.8) is 0 Å². The Labute approximate surface area is 149 Å². The topological polar surface area (TPSA) is 68.3 Å². The normalized spacial score (nSPS) is 17.7. The fourth-order valence-electron chi connectivity index (χ4n) is 2.87. The van der Waals surface area contributed by atoms with Crippen LogP contribution in [0.4, 0.5) is 13.6 Å². The van der Waals surface area contributed by atoms with E-state index in [1.165, 1.54) is 49.3 Å². The van der Waals surface area contributed by atoms with Gasteiger partial charge in [0.25, 0.3) is 0 Å². The molecule has 9 heteroatoms. The maximum atomic E-state index is 12.5. The van der Waals surface area contributed by atoms with Crippen molar-refractivity contribution >= 4 is 12.0 Å². The molecule has 0 spiro atoms. The Balaban J connectivity index is 2.59. The monoisotopic (exact) mass is 370 g/mol. The summed E-state index contributed by atoms with van der Waals surface area (Å²) in [6.07, 6.45) is 0. The van der Waals surface area contributed by atoms with Crippen LogP contribution >= 0.6 is 0 Å². The van der Waals surface area contributed by atoms with Crippen molar-refractivity contribution in [1.29, 1.82) is 0 Å². The molecule has 0 radical (unpaired) electrons. The SMILES string of the molecule is COC(=O)C1=C(C)N(C)C(=O)N(C)[C@H]1c1ccc(OC(F)F)c(OC)c1. The van der Waals surface area contributed by atoms with Crippen LogP contribution in [0.3, 0.4) is 0 Å². The van der Waals surface area contributed by atoms with Gasteiger partial charge in [-0.1, -0.05) is 6.07 Å². The van der Waals surface area contributed by atoms with E-state index in [9.17, 15) is 18.4 Å². The van der Waals surface area contributed by atoms with Crippen LogP contribution in [0.2, 0.25) is 0 Å². The number of allylic oxidation sites excluding steroid dienone is 1. The molecule has 1 aliphatic rings. The maximum Gasteiger partial charge on any atom is 0.387 e. The molecule has 142 valence electrons. The summed E-state index contributed by atoms with van der Waals surface area (Å²) in [5.74, 6) is -0.677. The second-order valence-corrected chi connectivity index (χ2v) is 5.63. The molecule has 0 bridgehead atoms. The van der Waals surface area contributed by atoms with Crippen LogP contribution in [-0.2, 0) is 9.53 Å². The Bertz CT molecular complexity index is 751. The number of halogens is 2. The van der Waals surface area contributed by atoms with Gasteiger partial charge in [0.2, 0.25) is 0 Å². The Morgan fingerprint density at radius 2 is 1.85 bits per heavy atom. The summed E-state index contributed by atoms with van der Waals surface area (Å²) in [6, 6.07) is 3.16. The van der Waals surface area contributed by atoms with E-state index in [1.54, 1.807) is 14.0 Å². The number of rotatable bonds is 5. The molecule has 1 aromatic carbocycles. The maximum absolute atomic E-state index is 12.5. The van der Waals surface area contributed by atoms with Gasteiger partial charge < -0.3 is 24.0 Å². The van der Waals surface area contributed by atoms with Gasteiger partial charge in [0.15, 0.2) is 11.5 Å². The van der Waals surface area contributed by atoms with Gasteiger partial charge in [0.1, 0.15) is 0 Å². The highest BCUT2D eigenvalue weighted by Crippen LogP contribution is 2.39. The summed E-state index contributed by atoms with van der Waals surface area (Å²) < 4.78 is 39.4. The first-order chi connectivity index (χ1) is 12.2. The summed E-state index contributed by atoms with van der Waals surface area (Å²) >= 11 is 0. The quantitative estimate of drug-likeness (QED) is 0.746. The third-order valence-corrected chi connectivity index (χ3v) is 4.27. The van der Waals surface area contributed by atoms with Crippen LogP contribution in [0, 0.1) is 0 Å². The van der Waals surface area contributed by atoms with E-state index in [4.69, 9.17) is 9.47 Å². The number of hydrogen-bond acceptors (Lipinski definition) is 5. The van der Waals surface area contributed by atoms with Crippen molar-refractivity contribution in [2.45, 2.75) is 19.6 Å². The van der Waals surface area contributed by atoms with Crippen LogP contribution < -0.4 is 9.47 Å². The molecule has 1 aliphatic heterocycles. The first kappa shape index (κ1) is 19.5. The molecule has 0 fully saturated rings. The first-order valence-corrected chi connectivity index (χ1v) is 7.65. The van der Waals surface area contributed by atoms with E-state index < -0.39 is 18.6 Å². The van der Waals surface area contributed by atoms with E-state index in [0.29, 0.717) is 11.3 Å². The van der Waals surface area contributed by atoms with E-state index in [2.05, 4.69) is 4.74 Å². The van der Waals surface area contributed by atoms with Crippen LogP contribution in [0.1, 0.15) is 18.5 Å². The molecular formula is C17H20F2N2O5. The number of amides is 2. The molecule has 0 saturated carbocycles. The van der Waals surface area contributed by atoms with Crippen molar-refractivity contribution in [2.24, 2.45) is 0 Å². The zero-order valence-corrected chi connectivity index (χ0v) is 15.1. The second kappa shape index (κ2) is 7.59. The Hall–Kier alpha value is -2.84. The summed E-state index contributed by atoms with van der Waals surface area (Å²) in [4.78, 5) is 27.5. The van der Waals surface area contributed by atoms with Gasteiger partial charge in [0.05, 0.1) is 25.8 Å². The Kier molecular flexibility index (Phi) is 5.69. The highest BCUT2D eigenvalue weighted by atomic mass is 19.3. The minimum absolute atomic E-state index is 0.0597. The standard InChI is InChI=1S/C17H20F2N2O5/c1-9-13(15(22)25-5)14(21(3)17(23)20(9)2)10-6-7-11(26-16(18)19)12(8-10)24-4/h6-8,14,16H,1-5H3/t14-/m0/s1. The number of alkyl halides is 2. The summed E-state index contributed by atoms with van der Waals surface area (Å²) in [7, 11) is 5.64. The lowest BCUT2D eigenvalue weighted by molar-refractivity contribution is -0.137. The molecule has 2 amide bonds. The number of nitrogens with zero attached hydrogens (tertiary/aromatic N) is 2. The zero-order valence-electron chi connectivity index (χ0n) is 15.1. The summed E-state index contributed by atoms with van der Waals surface area (Å²) in [6.45, 7) is -1.37. The van der Waals surface area contributed by atoms with Gasteiger partial charge in [-0.15, -0.1) is 0 Å². The average molecular weight is 370 g/mol. The van der Waals surface area contributed by atoms with E-state index >= 15 is 0 Å². The highest BCUT2D eigenvalue weighted by Gasteiger charge is 2.39. The summed E-state index contributed by atoms with van der Waals surface area (Å²) in [5.41, 5.74) is 1.20. The van der Waals surface area contributed by atoms with E-state index in [1.807, 2.05) is 0 Å².